The highest BCUT2D eigenvalue weighted by Gasteiger charge is 2.22. The maximum Gasteiger partial charge on any atom is 0.255 e. The van der Waals surface area contributed by atoms with Crippen molar-refractivity contribution >= 4 is 17.4 Å². The largest absolute Gasteiger partial charge is 0.497 e. The predicted octanol–water partition coefficient (Wildman–Crippen LogP) is 3.12. The Morgan fingerprint density at radius 2 is 1.81 bits per heavy atom. The maximum absolute atomic E-state index is 12.7. The molecule has 27 heavy (non-hydrogen) atoms. The maximum atomic E-state index is 12.7. The van der Waals surface area contributed by atoms with Crippen molar-refractivity contribution in [1.29, 1.82) is 0 Å². The quantitative estimate of drug-likeness (QED) is 0.849. The van der Waals surface area contributed by atoms with Crippen molar-refractivity contribution in [2.75, 3.05) is 50.1 Å². The smallest absolute Gasteiger partial charge is 0.255 e. The van der Waals surface area contributed by atoms with Gasteiger partial charge < -0.3 is 19.9 Å². The number of amides is 1. The Bertz CT molecular complexity index is 736. The Morgan fingerprint density at radius 3 is 2.37 bits per heavy atom. The molecule has 6 heteroatoms. The summed E-state index contributed by atoms with van der Waals surface area (Å²) < 4.78 is 5.21. The molecule has 0 spiro atoms. The zero-order valence-electron chi connectivity index (χ0n) is 16.3. The molecule has 1 N–H and O–H groups in total. The van der Waals surface area contributed by atoms with Crippen LogP contribution < -0.4 is 15.0 Å². The van der Waals surface area contributed by atoms with Gasteiger partial charge in [0.25, 0.3) is 5.91 Å². The van der Waals surface area contributed by atoms with E-state index in [1.165, 1.54) is 0 Å². The van der Waals surface area contributed by atoms with Gasteiger partial charge in [-0.3, -0.25) is 4.79 Å². The van der Waals surface area contributed by atoms with Gasteiger partial charge in [-0.1, -0.05) is 13.8 Å². The summed E-state index contributed by atoms with van der Waals surface area (Å²) in [6, 6.07) is 11.8. The summed E-state index contributed by atoms with van der Waals surface area (Å²) in [4.78, 5) is 21.3. The van der Waals surface area contributed by atoms with Gasteiger partial charge in [-0.25, -0.2) is 4.98 Å². The summed E-state index contributed by atoms with van der Waals surface area (Å²) in [6.45, 7) is 8.22. The van der Waals surface area contributed by atoms with Gasteiger partial charge in [0.15, 0.2) is 0 Å². The molecule has 0 saturated carbocycles. The highest BCUT2D eigenvalue weighted by Crippen LogP contribution is 2.21. The van der Waals surface area contributed by atoms with Crippen molar-refractivity contribution in [1.82, 2.24) is 9.88 Å². The van der Waals surface area contributed by atoms with E-state index in [-0.39, 0.29) is 5.91 Å². The molecule has 6 nitrogen and oxygen atoms in total. The van der Waals surface area contributed by atoms with E-state index < -0.39 is 0 Å². The molecule has 1 aliphatic heterocycles. The van der Waals surface area contributed by atoms with E-state index in [0.29, 0.717) is 24.6 Å². The zero-order chi connectivity index (χ0) is 19.2. The van der Waals surface area contributed by atoms with Crippen LogP contribution in [-0.2, 0) is 0 Å². The molecular formula is C21H28N4O2. The molecule has 1 fully saturated rings. The minimum Gasteiger partial charge on any atom is -0.497 e. The van der Waals surface area contributed by atoms with Gasteiger partial charge in [0.2, 0.25) is 0 Å². The average molecular weight is 368 g/mol. The Morgan fingerprint density at radius 1 is 1.11 bits per heavy atom. The van der Waals surface area contributed by atoms with Crippen molar-refractivity contribution in [2.24, 2.45) is 5.92 Å². The van der Waals surface area contributed by atoms with Gasteiger partial charge in [-0.05, 0) is 42.3 Å². The summed E-state index contributed by atoms with van der Waals surface area (Å²) in [7, 11) is 1.67. The molecule has 0 radical (unpaired) electrons. The third-order valence-corrected chi connectivity index (χ3v) is 4.71. The standard InChI is InChI=1S/C21H28N4O2/c1-16(2)14-22-20-9-4-17(15-23-20)21(26)25-12-10-24(11-13-25)18-5-7-19(27-3)8-6-18/h4-9,15-16H,10-14H2,1-3H3,(H,22,23). The van der Waals surface area contributed by atoms with E-state index in [1.807, 2.05) is 29.2 Å². The van der Waals surface area contributed by atoms with Crippen LogP contribution in [0.15, 0.2) is 42.6 Å². The van der Waals surface area contributed by atoms with Gasteiger partial charge in [-0.2, -0.15) is 0 Å². The van der Waals surface area contributed by atoms with Crippen LogP contribution in [0.2, 0.25) is 0 Å². The minimum atomic E-state index is 0.0484. The van der Waals surface area contributed by atoms with Crippen molar-refractivity contribution in [2.45, 2.75) is 13.8 Å². The SMILES string of the molecule is COc1ccc(N2CCN(C(=O)c3ccc(NCC(C)C)nc3)CC2)cc1. The second kappa shape index (κ2) is 8.75. The Labute approximate surface area is 161 Å². The predicted molar refractivity (Wildman–Crippen MR) is 109 cm³/mol. The number of piperazine rings is 1. The molecule has 144 valence electrons. The molecule has 3 rings (SSSR count). The first-order valence-corrected chi connectivity index (χ1v) is 9.45. The van der Waals surface area contributed by atoms with Gasteiger partial charge in [0.1, 0.15) is 11.6 Å². The number of carbonyl (C=O) groups is 1. The lowest BCUT2D eigenvalue weighted by Crippen LogP contribution is -2.48. The molecule has 1 aliphatic rings. The number of pyridine rings is 1. The fraction of sp³-hybridized carbons (Fsp3) is 0.429. The number of hydrogen-bond donors (Lipinski definition) is 1. The Hall–Kier alpha value is -2.76. The molecule has 0 aliphatic carbocycles. The van der Waals surface area contributed by atoms with Crippen molar-refractivity contribution in [3.63, 3.8) is 0 Å². The van der Waals surface area contributed by atoms with Crippen LogP contribution in [0.5, 0.6) is 5.75 Å². The lowest BCUT2D eigenvalue weighted by molar-refractivity contribution is 0.0746. The van der Waals surface area contributed by atoms with E-state index in [1.54, 1.807) is 13.3 Å². The van der Waals surface area contributed by atoms with Crippen molar-refractivity contribution in [3.05, 3.63) is 48.2 Å². The number of nitrogens with one attached hydrogen (secondary N) is 1. The lowest BCUT2D eigenvalue weighted by Gasteiger charge is -2.36. The second-order valence-corrected chi connectivity index (χ2v) is 7.18. The summed E-state index contributed by atoms with van der Waals surface area (Å²) in [5.74, 6) is 2.26. The number of nitrogens with zero attached hydrogens (tertiary/aromatic N) is 3. The molecule has 2 aromatic rings. The lowest BCUT2D eigenvalue weighted by atomic mass is 10.2. The Balaban J connectivity index is 1.54. The number of aromatic nitrogens is 1. The first-order valence-electron chi connectivity index (χ1n) is 9.45. The fourth-order valence-corrected chi connectivity index (χ4v) is 3.08. The van der Waals surface area contributed by atoms with Crippen molar-refractivity contribution in [3.8, 4) is 5.75 Å². The van der Waals surface area contributed by atoms with E-state index in [4.69, 9.17) is 4.74 Å². The van der Waals surface area contributed by atoms with Crippen LogP contribution >= 0.6 is 0 Å². The zero-order valence-corrected chi connectivity index (χ0v) is 16.3. The van der Waals surface area contributed by atoms with E-state index >= 15 is 0 Å². The van der Waals surface area contributed by atoms with Crippen LogP contribution in [0.4, 0.5) is 11.5 Å². The third kappa shape index (κ3) is 4.90. The summed E-state index contributed by atoms with van der Waals surface area (Å²) in [5.41, 5.74) is 1.80. The monoisotopic (exact) mass is 368 g/mol. The molecule has 1 amide bonds. The van der Waals surface area contributed by atoms with Gasteiger partial charge >= 0.3 is 0 Å². The first-order chi connectivity index (χ1) is 13.1. The normalized spacial score (nSPS) is 14.4. The molecule has 0 bridgehead atoms. The number of anilines is 2. The number of rotatable bonds is 6. The third-order valence-electron chi connectivity index (χ3n) is 4.71. The summed E-state index contributed by atoms with van der Waals surface area (Å²) >= 11 is 0. The second-order valence-electron chi connectivity index (χ2n) is 7.18. The average Bonchev–Trinajstić information content (AvgIpc) is 2.72. The Kier molecular flexibility index (Phi) is 6.16. The first kappa shape index (κ1) is 19.0. The van der Waals surface area contributed by atoms with Crippen LogP contribution in [0.25, 0.3) is 0 Å². The van der Waals surface area contributed by atoms with Crippen LogP contribution in [0.1, 0.15) is 24.2 Å². The van der Waals surface area contributed by atoms with Gasteiger partial charge in [0, 0.05) is 44.6 Å². The number of ether oxygens (including phenoxy) is 1. The molecule has 2 heterocycles. The van der Waals surface area contributed by atoms with Crippen LogP contribution in [-0.4, -0.2) is 55.6 Å². The topological polar surface area (TPSA) is 57.7 Å². The molecule has 1 aromatic carbocycles. The highest BCUT2D eigenvalue weighted by molar-refractivity contribution is 5.94. The summed E-state index contributed by atoms with van der Waals surface area (Å²) in [6.07, 6.45) is 1.67. The molecule has 1 saturated heterocycles. The van der Waals surface area contributed by atoms with Gasteiger partial charge in [-0.15, -0.1) is 0 Å². The van der Waals surface area contributed by atoms with Crippen LogP contribution in [0.3, 0.4) is 0 Å². The molecule has 0 atom stereocenters. The highest BCUT2D eigenvalue weighted by atomic mass is 16.5. The van der Waals surface area contributed by atoms with E-state index in [0.717, 1.165) is 36.9 Å². The molecule has 0 unspecified atom stereocenters. The van der Waals surface area contributed by atoms with E-state index in [2.05, 4.69) is 41.2 Å². The molecular weight excluding hydrogens is 340 g/mol. The minimum absolute atomic E-state index is 0.0484. The van der Waals surface area contributed by atoms with Crippen LogP contribution in [0, 0.1) is 5.92 Å². The number of benzene rings is 1. The summed E-state index contributed by atoms with van der Waals surface area (Å²) in [5, 5.41) is 3.27. The number of carbonyl (C=O) groups excluding carboxylic acids is 1. The van der Waals surface area contributed by atoms with Gasteiger partial charge in [0.05, 0.1) is 12.7 Å². The van der Waals surface area contributed by atoms with E-state index in [9.17, 15) is 4.79 Å². The van der Waals surface area contributed by atoms with Crippen molar-refractivity contribution < 1.29 is 9.53 Å². The molecule has 1 aromatic heterocycles. The fourth-order valence-electron chi connectivity index (χ4n) is 3.08. The number of methoxy groups -OCH3 is 1. The number of hydrogen-bond acceptors (Lipinski definition) is 5.